The Bertz CT molecular complexity index is 400. The van der Waals surface area contributed by atoms with E-state index in [-0.39, 0.29) is 11.9 Å². The van der Waals surface area contributed by atoms with Gasteiger partial charge < -0.3 is 5.32 Å². The van der Waals surface area contributed by atoms with E-state index < -0.39 is 10.8 Å². The van der Waals surface area contributed by atoms with Gasteiger partial charge in [-0.05, 0) is 31.4 Å². The fourth-order valence-electron chi connectivity index (χ4n) is 2.25. The van der Waals surface area contributed by atoms with Crippen LogP contribution in [0.4, 0.5) is 4.39 Å². The Labute approximate surface area is 110 Å². The third kappa shape index (κ3) is 3.59. The molecule has 5 heteroatoms. The summed E-state index contributed by atoms with van der Waals surface area (Å²) < 4.78 is 24.1. The van der Waals surface area contributed by atoms with Gasteiger partial charge in [0.05, 0.1) is 11.9 Å². The number of hydrogen-bond donors (Lipinski definition) is 1. The average Bonchev–Trinajstić information content (AvgIpc) is 2.39. The van der Waals surface area contributed by atoms with Gasteiger partial charge in [0.1, 0.15) is 5.82 Å². The Kier molecular flexibility index (Phi) is 4.83. The first-order chi connectivity index (χ1) is 8.69. The van der Waals surface area contributed by atoms with E-state index in [1.807, 2.05) is 0 Å². The van der Waals surface area contributed by atoms with E-state index in [1.54, 1.807) is 6.07 Å². The van der Waals surface area contributed by atoms with Crippen LogP contribution in [0.5, 0.6) is 0 Å². The molecule has 0 radical (unpaired) electrons. The summed E-state index contributed by atoms with van der Waals surface area (Å²) in [6.07, 6.45) is 4.07. The molecular formula is C13H19FN2OS. The molecule has 1 unspecified atom stereocenters. The van der Waals surface area contributed by atoms with Gasteiger partial charge >= 0.3 is 0 Å². The van der Waals surface area contributed by atoms with Crippen molar-refractivity contribution in [3.05, 3.63) is 29.8 Å². The van der Waals surface area contributed by atoms with Crippen LogP contribution in [0.1, 0.15) is 37.9 Å². The van der Waals surface area contributed by atoms with Crippen LogP contribution < -0.4 is 5.32 Å². The molecule has 0 saturated carbocycles. The molecule has 2 rings (SSSR count). The van der Waals surface area contributed by atoms with E-state index in [0.717, 1.165) is 36.5 Å². The summed E-state index contributed by atoms with van der Waals surface area (Å²) in [5.74, 6) is 1.26. The molecule has 1 saturated heterocycles. The fraction of sp³-hybridized carbons (Fsp3) is 0.615. The number of halogens is 1. The Balaban J connectivity index is 1.96. The summed E-state index contributed by atoms with van der Waals surface area (Å²) in [5.41, 5.74) is 0.880. The molecule has 3 nitrogen and oxygen atoms in total. The highest BCUT2D eigenvalue weighted by molar-refractivity contribution is 7.85. The number of nitrogens with zero attached hydrogens (tertiary/aromatic N) is 1. The van der Waals surface area contributed by atoms with Crippen LogP contribution in [-0.2, 0) is 10.8 Å². The summed E-state index contributed by atoms with van der Waals surface area (Å²) in [5, 5.41) is 3.54. The monoisotopic (exact) mass is 270 g/mol. The van der Waals surface area contributed by atoms with Gasteiger partial charge in [0, 0.05) is 34.4 Å². The number of pyridine rings is 1. The third-order valence-electron chi connectivity index (χ3n) is 3.34. The molecule has 1 N–H and O–H groups in total. The molecule has 0 amide bonds. The number of nitrogens with one attached hydrogen (secondary N) is 1. The second-order valence-electron chi connectivity index (χ2n) is 4.65. The predicted octanol–water partition coefficient (Wildman–Crippen LogP) is 2.17. The maximum atomic E-state index is 12.8. The van der Waals surface area contributed by atoms with E-state index >= 15 is 0 Å². The lowest BCUT2D eigenvalue weighted by molar-refractivity contribution is 0.397. The molecule has 0 aromatic carbocycles. The van der Waals surface area contributed by atoms with Gasteiger partial charge in [-0.2, -0.15) is 0 Å². The van der Waals surface area contributed by atoms with Crippen molar-refractivity contribution in [1.29, 1.82) is 0 Å². The molecule has 1 fully saturated rings. The van der Waals surface area contributed by atoms with Crippen LogP contribution >= 0.6 is 0 Å². The quantitative estimate of drug-likeness (QED) is 0.911. The molecule has 0 aliphatic carbocycles. The normalized spacial score (nSPS) is 25.9. The first kappa shape index (κ1) is 13.6. The molecular weight excluding hydrogens is 251 g/mol. The summed E-state index contributed by atoms with van der Waals surface area (Å²) >= 11 is 0. The standard InChI is InChI=1S/C13H19FN2OS/c1-2-12(13-4-3-10(14)9-15-13)16-11-5-7-18(17)8-6-11/h3-4,9,11-12,16H,2,5-8H2,1H3. The SMILES string of the molecule is CCC(NC1CCS(=O)CC1)c1ccc(F)cn1. The first-order valence-electron chi connectivity index (χ1n) is 6.41. The molecule has 100 valence electrons. The molecule has 1 aromatic heterocycles. The minimum absolute atomic E-state index is 0.155. The molecule has 0 bridgehead atoms. The van der Waals surface area contributed by atoms with Gasteiger partial charge in [0.2, 0.25) is 0 Å². The summed E-state index contributed by atoms with van der Waals surface area (Å²) in [7, 11) is -0.630. The molecule has 1 aliphatic heterocycles. The number of hydrogen-bond acceptors (Lipinski definition) is 3. The van der Waals surface area contributed by atoms with Crippen molar-refractivity contribution in [3.8, 4) is 0 Å². The van der Waals surface area contributed by atoms with Gasteiger partial charge in [-0.25, -0.2) is 4.39 Å². The molecule has 1 aromatic rings. The van der Waals surface area contributed by atoms with Gasteiger partial charge in [-0.3, -0.25) is 9.19 Å². The molecule has 0 spiro atoms. The van der Waals surface area contributed by atoms with E-state index in [4.69, 9.17) is 0 Å². The van der Waals surface area contributed by atoms with Crippen LogP contribution in [-0.4, -0.2) is 26.7 Å². The highest BCUT2D eigenvalue weighted by Crippen LogP contribution is 2.18. The van der Waals surface area contributed by atoms with Crippen LogP contribution in [0.3, 0.4) is 0 Å². The number of rotatable bonds is 4. The van der Waals surface area contributed by atoms with Crippen LogP contribution in [0.25, 0.3) is 0 Å². The third-order valence-corrected chi connectivity index (χ3v) is 4.72. The van der Waals surface area contributed by atoms with E-state index in [1.165, 1.54) is 12.3 Å². The highest BCUT2D eigenvalue weighted by Gasteiger charge is 2.21. The second kappa shape index (κ2) is 6.38. The molecule has 1 aliphatic rings. The van der Waals surface area contributed by atoms with Gasteiger partial charge in [0.15, 0.2) is 0 Å². The maximum Gasteiger partial charge on any atom is 0.141 e. The first-order valence-corrected chi connectivity index (χ1v) is 7.90. The van der Waals surface area contributed by atoms with Crippen molar-refractivity contribution in [2.45, 2.75) is 38.3 Å². The largest absolute Gasteiger partial charge is 0.306 e. The van der Waals surface area contributed by atoms with Crippen molar-refractivity contribution in [1.82, 2.24) is 10.3 Å². The Morgan fingerprint density at radius 3 is 2.78 bits per heavy atom. The van der Waals surface area contributed by atoms with Crippen molar-refractivity contribution in [3.63, 3.8) is 0 Å². The Morgan fingerprint density at radius 2 is 2.22 bits per heavy atom. The summed E-state index contributed by atoms with van der Waals surface area (Å²) in [6.45, 7) is 2.09. The molecule has 18 heavy (non-hydrogen) atoms. The van der Waals surface area contributed by atoms with Gasteiger partial charge in [-0.1, -0.05) is 6.92 Å². The molecule has 1 atom stereocenters. The van der Waals surface area contributed by atoms with Gasteiger partial charge in [0.25, 0.3) is 0 Å². The van der Waals surface area contributed by atoms with Crippen molar-refractivity contribution in [2.75, 3.05) is 11.5 Å². The van der Waals surface area contributed by atoms with Crippen molar-refractivity contribution < 1.29 is 8.60 Å². The van der Waals surface area contributed by atoms with Crippen LogP contribution in [0, 0.1) is 5.82 Å². The lowest BCUT2D eigenvalue weighted by atomic mass is 10.1. The Hall–Kier alpha value is -0.810. The zero-order chi connectivity index (χ0) is 13.0. The van der Waals surface area contributed by atoms with E-state index in [0.29, 0.717) is 6.04 Å². The lowest BCUT2D eigenvalue weighted by Crippen LogP contribution is -2.38. The zero-order valence-corrected chi connectivity index (χ0v) is 11.4. The lowest BCUT2D eigenvalue weighted by Gasteiger charge is -2.27. The minimum atomic E-state index is -0.630. The average molecular weight is 270 g/mol. The second-order valence-corrected chi connectivity index (χ2v) is 6.35. The maximum absolute atomic E-state index is 12.8. The van der Waals surface area contributed by atoms with Crippen LogP contribution in [0.15, 0.2) is 18.3 Å². The summed E-state index contributed by atoms with van der Waals surface area (Å²) in [6, 6.07) is 3.74. The smallest absolute Gasteiger partial charge is 0.141 e. The van der Waals surface area contributed by atoms with E-state index in [9.17, 15) is 8.60 Å². The Morgan fingerprint density at radius 1 is 1.50 bits per heavy atom. The highest BCUT2D eigenvalue weighted by atomic mass is 32.2. The predicted molar refractivity (Wildman–Crippen MR) is 71.3 cm³/mol. The van der Waals surface area contributed by atoms with E-state index in [2.05, 4.69) is 17.2 Å². The van der Waals surface area contributed by atoms with Crippen molar-refractivity contribution in [2.24, 2.45) is 0 Å². The topological polar surface area (TPSA) is 42.0 Å². The summed E-state index contributed by atoms with van der Waals surface area (Å²) in [4.78, 5) is 4.13. The minimum Gasteiger partial charge on any atom is -0.306 e. The molecule has 2 heterocycles. The van der Waals surface area contributed by atoms with Crippen LogP contribution in [0.2, 0.25) is 0 Å². The van der Waals surface area contributed by atoms with Crippen molar-refractivity contribution >= 4 is 10.8 Å². The number of aromatic nitrogens is 1. The fourth-order valence-corrected chi connectivity index (χ4v) is 3.55. The zero-order valence-electron chi connectivity index (χ0n) is 10.6. The van der Waals surface area contributed by atoms with Gasteiger partial charge in [-0.15, -0.1) is 0 Å².